The van der Waals surface area contributed by atoms with Crippen LogP contribution in [0.25, 0.3) is 0 Å². The largest absolute Gasteiger partial charge is 0.481 e. The average molecular weight is 236 g/mol. The Bertz CT molecular complexity index is 321. The van der Waals surface area contributed by atoms with Gasteiger partial charge in [0, 0.05) is 0 Å². The van der Waals surface area contributed by atoms with Gasteiger partial charge in [0.2, 0.25) is 0 Å². The van der Waals surface area contributed by atoms with Crippen LogP contribution in [-0.2, 0) is 16.1 Å². The molecule has 0 unspecified atom stereocenters. The number of rotatable bonds is 8. The summed E-state index contributed by atoms with van der Waals surface area (Å²) in [5.74, 6) is -0.618. The molecule has 0 bridgehead atoms. The highest BCUT2D eigenvalue weighted by atomic mass is 16.5. The Morgan fingerprint density at radius 3 is 2.65 bits per heavy atom. The fraction of sp³-hybridized carbons (Fsp3) is 0.500. The van der Waals surface area contributed by atoms with Gasteiger partial charge in [-0.2, -0.15) is 0 Å². The summed E-state index contributed by atoms with van der Waals surface area (Å²) < 4.78 is 5.57. The third-order valence-electron chi connectivity index (χ3n) is 2.63. The molecule has 1 aromatic carbocycles. The highest BCUT2D eigenvalue weighted by molar-refractivity contribution is 5.67. The predicted octanol–water partition coefficient (Wildman–Crippen LogP) is 3.09. The maximum absolute atomic E-state index is 10.7. The van der Waals surface area contributed by atoms with Crippen molar-refractivity contribution in [1.82, 2.24) is 0 Å². The van der Waals surface area contributed by atoms with Gasteiger partial charge in [0.25, 0.3) is 0 Å². The summed E-state index contributed by atoms with van der Waals surface area (Å²) >= 11 is 0. The van der Waals surface area contributed by atoms with E-state index in [1.807, 2.05) is 30.3 Å². The third-order valence-corrected chi connectivity index (χ3v) is 2.63. The molecule has 0 radical (unpaired) electrons. The van der Waals surface area contributed by atoms with Crippen LogP contribution in [0.3, 0.4) is 0 Å². The summed E-state index contributed by atoms with van der Waals surface area (Å²) in [7, 11) is 0. The van der Waals surface area contributed by atoms with E-state index in [0.29, 0.717) is 13.2 Å². The first-order valence-corrected chi connectivity index (χ1v) is 6.05. The van der Waals surface area contributed by atoms with E-state index in [1.54, 1.807) is 0 Å². The minimum atomic E-state index is -0.744. The molecule has 0 amide bonds. The molecule has 1 aromatic rings. The number of carbonyl (C=O) groups is 1. The molecule has 0 aliphatic heterocycles. The minimum Gasteiger partial charge on any atom is -0.481 e. The molecule has 1 rings (SSSR count). The van der Waals surface area contributed by atoms with E-state index in [-0.39, 0.29) is 12.3 Å². The first-order valence-electron chi connectivity index (χ1n) is 6.05. The number of hydrogen-bond donors (Lipinski definition) is 1. The molecule has 0 saturated carbocycles. The van der Waals surface area contributed by atoms with Gasteiger partial charge in [-0.15, -0.1) is 0 Å². The molecule has 3 nitrogen and oxygen atoms in total. The van der Waals surface area contributed by atoms with Gasteiger partial charge in [-0.05, 0) is 17.9 Å². The van der Waals surface area contributed by atoms with Crippen molar-refractivity contribution >= 4 is 5.97 Å². The van der Waals surface area contributed by atoms with Crippen LogP contribution >= 0.6 is 0 Å². The Labute approximate surface area is 102 Å². The maximum atomic E-state index is 10.7. The third kappa shape index (κ3) is 6.07. The van der Waals surface area contributed by atoms with Crippen molar-refractivity contribution in [3.8, 4) is 0 Å². The van der Waals surface area contributed by atoms with Crippen molar-refractivity contribution in [3.63, 3.8) is 0 Å². The zero-order valence-electron chi connectivity index (χ0n) is 10.3. The summed E-state index contributed by atoms with van der Waals surface area (Å²) in [6.45, 7) is 3.14. The van der Waals surface area contributed by atoms with Crippen LogP contribution in [0.5, 0.6) is 0 Å². The molecule has 94 valence electrons. The molecule has 0 saturated heterocycles. The van der Waals surface area contributed by atoms with Gasteiger partial charge in [0.05, 0.1) is 19.6 Å². The standard InChI is InChI=1S/C14H20O3/c1-2-6-13(9-14(15)16)11-17-10-12-7-4-3-5-8-12/h3-5,7-8,13H,2,6,9-11H2,1H3,(H,15,16)/t13-/m1/s1. The van der Waals surface area contributed by atoms with Crippen molar-refractivity contribution in [3.05, 3.63) is 35.9 Å². The van der Waals surface area contributed by atoms with Gasteiger partial charge < -0.3 is 9.84 Å². The molecule has 0 aliphatic carbocycles. The van der Waals surface area contributed by atoms with Gasteiger partial charge in [0.15, 0.2) is 0 Å². The van der Waals surface area contributed by atoms with E-state index < -0.39 is 5.97 Å². The second kappa shape index (κ2) is 7.85. The normalized spacial score (nSPS) is 12.3. The Kier molecular flexibility index (Phi) is 6.33. The van der Waals surface area contributed by atoms with Crippen LogP contribution in [0.2, 0.25) is 0 Å². The molecule has 0 aromatic heterocycles. The lowest BCUT2D eigenvalue weighted by atomic mass is 10.0. The maximum Gasteiger partial charge on any atom is 0.303 e. The van der Waals surface area contributed by atoms with Crippen LogP contribution in [0, 0.1) is 5.92 Å². The zero-order chi connectivity index (χ0) is 12.5. The van der Waals surface area contributed by atoms with Crippen LogP contribution in [0.15, 0.2) is 30.3 Å². The van der Waals surface area contributed by atoms with E-state index in [0.717, 1.165) is 18.4 Å². The first kappa shape index (κ1) is 13.7. The highest BCUT2D eigenvalue weighted by Gasteiger charge is 2.12. The Morgan fingerprint density at radius 1 is 1.35 bits per heavy atom. The highest BCUT2D eigenvalue weighted by Crippen LogP contribution is 2.13. The molecule has 0 aliphatic rings. The zero-order valence-corrected chi connectivity index (χ0v) is 10.3. The van der Waals surface area contributed by atoms with Gasteiger partial charge in [-0.25, -0.2) is 0 Å². The predicted molar refractivity (Wildman–Crippen MR) is 66.7 cm³/mol. The van der Waals surface area contributed by atoms with Crippen LogP contribution in [0.4, 0.5) is 0 Å². The van der Waals surface area contributed by atoms with Crippen molar-refractivity contribution in [2.75, 3.05) is 6.61 Å². The Hall–Kier alpha value is -1.35. The SMILES string of the molecule is CCC[C@@H](COCc1ccccc1)CC(=O)O. The van der Waals surface area contributed by atoms with E-state index in [9.17, 15) is 4.79 Å². The number of carboxylic acid groups (broad SMARTS) is 1. The lowest BCUT2D eigenvalue weighted by molar-refractivity contribution is -0.138. The van der Waals surface area contributed by atoms with Crippen LogP contribution < -0.4 is 0 Å². The van der Waals surface area contributed by atoms with Gasteiger partial charge in [-0.3, -0.25) is 4.79 Å². The van der Waals surface area contributed by atoms with E-state index >= 15 is 0 Å². The quantitative estimate of drug-likeness (QED) is 0.754. The number of hydrogen-bond acceptors (Lipinski definition) is 2. The molecule has 1 N–H and O–H groups in total. The lowest BCUT2D eigenvalue weighted by Gasteiger charge is -2.14. The number of carboxylic acids is 1. The van der Waals surface area contributed by atoms with E-state index in [1.165, 1.54) is 0 Å². The fourth-order valence-electron chi connectivity index (χ4n) is 1.82. The van der Waals surface area contributed by atoms with Gasteiger partial charge >= 0.3 is 5.97 Å². The molecule has 0 heterocycles. The van der Waals surface area contributed by atoms with Gasteiger partial charge in [-0.1, -0.05) is 43.7 Å². The molecule has 0 spiro atoms. The Morgan fingerprint density at radius 2 is 2.06 bits per heavy atom. The summed E-state index contributed by atoms with van der Waals surface area (Å²) in [5, 5.41) is 8.77. The van der Waals surface area contributed by atoms with Gasteiger partial charge in [0.1, 0.15) is 0 Å². The summed E-state index contributed by atoms with van der Waals surface area (Å²) in [5.41, 5.74) is 1.12. The molecule has 3 heteroatoms. The Balaban J connectivity index is 2.29. The summed E-state index contributed by atoms with van der Waals surface area (Å²) in [6, 6.07) is 9.92. The fourth-order valence-corrected chi connectivity index (χ4v) is 1.82. The van der Waals surface area contributed by atoms with Crippen LogP contribution in [0.1, 0.15) is 31.7 Å². The summed E-state index contributed by atoms with van der Waals surface area (Å²) in [6.07, 6.45) is 2.09. The average Bonchev–Trinajstić information content (AvgIpc) is 2.30. The molecular formula is C14H20O3. The minimum absolute atomic E-state index is 0.126. The second-order valence-corrected chi connectivity index (χ2v) is 4.25. The van der Waals surface area contributed by atoms with Crippen molar-refractivity contribution in [1.29, 1.82) is 0 Å². The van der Waals surface area contributed by atoms with Crippen molar-refractivity contribution in [2.45, 2.75) is 32.8 Å². The van der Waals surface area contributed by atoms with Crippen molar-refractivity contribution in [2.24, 2.45) is 5.92 Å². The second-order valence-electron chi connectivity index (χ2n) is 4.25. The molecule has 17 heavy (non-hydrogen) atoms. The van der Waals surface area contributed by atoms with Crippen molar-refractivity contribution < 1.29 is 14.6 Å². The summed E-state index contributed by atoms with van der Waals surface area (Å²) in [4.78, 5) is 10.7. The van der Waals surface area contributed by atoms with E-state index in [4.69, 9.17) is 9.84 Å². The molecular weight excluding hydrogens is 216 g/mol. The van der Waals surface area contributed by atoms with E-state index in [2.05, 4.69) is 6.92 Å². The molecule has 1 atom stereocenters. The topological polar surface area (TPSA) is 46.5 Å². The monoisotopic (exact) mass is 236 g/mol. The molecule has 0 fully saturated rings. The lowest BCUT2D eigenvalue weighted by Crippen LogP contribution is -2.14. The number of aliphatic carboxylic acids is 1. The number of ether oxygens (including phenoxy) is 1. The van der Waals surface area contributed by atoms with Crippen LogP contribution in [-0.4, -0.2) is 17.7 Å². The smallest absolute Gasteiger partial charge is 0.303 e. The number of benzene rings is 1. The first-order chi connectivity index (χ1) is 8.22.